The summed E-state index contributed by atoms with van der Waals surface area (Å²) in [6.45, 7) is 4.43. The third-order valence-corrected chi connectivity index (χ3v) is 14.1. The van der Waals surface area contributed by atoms with Crippen molar-refractivity contribution in [2.45, 2.75) is 44.9 Å². The Hall–Kier alpha value is -4.06. The lowest BCUT2D eigenvalue weighted by molar-refractivity contribution is 0.0175. The quantitative estimate of drug-likeness (QED) is 0.123. The lowest BCUT2D eigenvalue weighted by Gasteiger charge is -2.39. The van der Waals surface area contributed by atoms with Crippen LogP contribution < -0.4 is 10.4 Å². The predicted molar refractivity (Wildman–Crippen MR) is 203 cm³/mol. The van der Waals surface area contributed by atoms with Crippen LogP contribution in [0.25, 0.3) is 76.8 Å². The van der Waals surface area contributed by atoms with E-state index < -0.39 is 8.56 Å². The van der Waals surface area contributed by atoms with Crippen molar-refractivity contribution in [3.05, 3.63) is 107 Å². The van der Waals surface area contributed by atoms with E-state index >= 15 is 0 Å². The van der Waals surface area contributed by atoms with Gasteiger partial charge in [0.1, 0.15) is 0 Å². The number of hydrogen-bond donors (Lipinski definition) is 0. The molecule has 0 bridgehead atoms. The molecule has 0 saturated heterocycles. The van der Waals surface area contributed by atoms with Crippen LogP contribution in [0.3, 0.4) is 0 Å². The smallest absolute Gasteiger partial charge is 0.334 e. The van der Waals surface area contributed by atoms with Crippen molar-refractivity contribution in [2.24, 2.45) is 5.41 Å². The molecule has 2 atom stereocenters. The first-order chi connectivity index (χ1) is 22.8. The van der Waals surface area contributed by atoms with Gasteiger partial charge in [0.25, 0.3) is 0 Å². The summed E-state index contributed by atoms with van der Waals surface area (Å²) in [5, 5.41) is 18.0. The summed E-state index contributed by atoms with van der Waals surface area (Å²) in [5.74, 6) is 0. The van der Waals surface area contributed by atoms with Crippen LogP contribution in [-0.2, 0) is 13.6 Å². The molecule has 2 unspecified atom stereocenters. The molecule has 47 heavy (non-hydrogen) atoms. The number of hydrogen-bond acceptors (Lipinski definition) is 3. The molecule has 1 aliphatic rings. The zero-order valence-corrected chi connectivity index (χ0v) is 29.0. The summed E-state index contributed by atoms with van der Waals surface area (Å²) in [6.07, 6.45) is 7.92. The Labute approximate surface area is 277 Å². The topological polar surface area (TPSA) is 27.7 Å². The van der Waals surface area contributed by atoms with Crippen molar-refractivity contribution in [1.82, 2.24) is 0 Å². The number of methoxy groups -OCH3 is 1. The van der Waals surface area contributed by atoms with E-state index in [1.54, 1.807) is 14.2 Å². The van der Waals surface area contributed by atoms with Gasteiger partial charge in [0.2, 0.25) is 0 Å². The van der Waals surface area contributed by atoms with Gasteiger partial charge in [-0.05, 0) is 180 Å². The van der Waals surface area contributed by atoms with E-state index in [1.807, 2.05) is 7.11 Å². The number of ether oxygens (including phenoxy) is 1. The van der Waals surface area contributed by atoms with E-state index in [2.05, 4.69) is 123 Å². The first kappa shape index (κ1) is 30.3. The second-order valence-electron chi connectivity index (χ2n) is 13.8. The molecule has 0 radical (unpaired) electrons. The second kappa shape index (κ2) is 11.6. The Bertz CT molecular complexity index is 2480. The van der Waals surface area contributed by atoms with Crippen molar-refractivity contribution in [2.75, 3.05) is 21.3 Å². The van der Waals surface area contributed by atoms with E-state index in [9.17, 15) is 0 Å². The summed E-state index contributed by atoms with van der Waals surface area (Å²) in [4.78, 5) is 0. The van der Waals surface area contributed by atoms with Gasteiger partial charge in [-0.2, -0.15) is 0 Å². The third-order valence-electron chi connectivity index (χ3n) is 11.2. The first-order valence-corrected chi connectivity index (χ1v) is 19.4. The lowest BCUT2D eigenvalue weighted by Crippen LogP contribution is -2.43. The standard InChI is InChI=1S/C43H42O3Si/c1-6-43(42(44-2)12-14-47(5,45-3)46-4)13-11-30-17-33-20-36-23-37-21-34-18-31-15-28-9-7-8-10-29(28)16-32(31)19-35(34)22-38(37)24-39(36)25-40(33)26-41(30)27-43/h7-11,15-27,42H,6,12-14H2,1-5H3. The summed E-state index contributed by atoms with van der Waals surface area (Å²) >= 11 is 0. The second-order valence-corrected chi connectivity index (χ2v) is 17.4. The molecule has 0 aliphatic heterocycles. The van der Waals surface area contributed by atoms with Gasteiger partial charge in [0, 0.05) is 26.7 Å². The Morgan fingerprint density at radius 2 is 1.00 bits per heavy atom. The average molecular weight is 635 g/mol. The van der Waals surface area contributed by atoms with Crippen molar-refractivity contribution in [3.63, 3.8) is 0 Å². The van der Waals surface area contributed by atoms with Crippen LogP contribution in [0.5, 0.6) is 0 Å². The Morgan fingerprint density at radius 3 is 1.40 bits per heavy atom. The van der Waals surface area contributed by atoms with Gasteiger partial charge in [0.15, 0.2) is 0 Å². The van der Waals surface area contributed by atoms with E-state index in [0.29, 0.717) is 0 Å². The van der Waals surface area contributed by atoms with E-state index in [0.717, 1.165) is 25.3 Å². The molecule has 236 valence electrons. The molecule has 8 rings (SSSR count). The molecule has 0 saturated carbocycles. The van der Waals surface area contributed by atoms with Gasteiger partial charge in [-0.1, -0.05) is 43.3 Å². The minimum Gasteiger partial charge on any atom is -0.398 e. The molecule has 0 aromatic heterocycles. The minimum atomic E-state index is -2.18. The molecule has 3 nitrogen and oxygen atoms in total. The van der Waals surface area contributed by atoms with Gasteiger partial charge in [-0.15, -0.1) is 0 Å². The fourth-order valence-electron chi connectivity index (χ4n) is 8.02. The van der Waals surface area contributed by atoms with E-state index in [-0.39, 0.29) is 11.5 Å². The molecule has 0 heterocycles. The van der Waals surface area contributed by atoms with Crippen molar-refractivity contribution in [1.29, 1.82) is 0 Å². The van der Waals surface area contributed by atoms with E-state index in [4.69, 9.17) is 13.6 Å². The SMILES string of the molecule is CCC1(C(CC[Si](C)(OC)OC)OC)C=c2cc3cc4cc5cc6cc7cc8ccccc8cc7cc6cc5cc4cc3cc2=CC1. The minimum absolute atomic E-state index is 0.0587. The van der Waals surface area contributed by atoms with Crippen LogP contribution >= 0.6 is 0 Å². The van der Waals surface area contributed by atoms with Crippen LogP contribution in [0, 0.1) is 5.41 Å². The Kier molecular flexibility index (Phi) is 7.45. The zero-order valence-electron chi connectivity index (χ0n) is 28.0. The lowest BCUT2D eigenvalue weighted by atomic mass is 9.72. The normalized spacial score (nSPS) is 17.4. The summed E-state index contributed by atoms with van der Waals surface area (Å²) < 4.78 is 17.8. The molecule has 0 spiro atoms. The van der Waals surface area contributed by atoms with Crippen LogP contribution in [0.4, 0.5) is 0 Å². The van der Waals surface area contributed by atoms with E-state index in [1.165, 1.54) is 75.1 Å². The fourth-order valence-corrected chi connectivity index (χ4v) is 9.39. The zero-order chi connectivity index (χ0) is 32.3. The van der Waals surface area contributed by atoms with Gasteiger partial charge in [-0.3, -0.25) is 0 Å². The average Bonchev–Trinajstić information content (AvgIpc) is 3.09. The summed E-state index contributed by atoms with van der Waals surface area (Å²) in [6, 6.07) is 37.8. The van der Waals surface area contributed by atoms with Gasteiger partial charge in [0.05, 0.1) is 6.10 Å². The molecule has 7 aromatic carbocycles. The highest BCUT2D eigenvalue weighted by Gasteiger charge is 2.38. The maximum Gasteiger partial charge on any atom is 0.334 e. The maximum absolute atomic E-state index is 6.20. The van der Waals surface area contributed by atoms with Gasteiger partial charge < -0.3 is 13.6 Å². The van der Waals surface area contributed by atoms with Crippen molar-refractivity contribution >= 4 is 85.3 Å². The number of rotatable bonds is 8. The Balaban J connectivity index is 1.21. The first-order valence-electron chi connectivity index (χ1n) is 16.9. The van der Waals surface area contributed by atoms with Crippen LogP contribution in [-0.4, -0.2) is 36.0 Å². The summed E-state index contributed by atoms with van der Waals surface area (Å²) in [5.41, 5.74) is -0.0587. The molecule has 0 N–H and O–H groups in total. The monoisotopic (exact) mass is 634 g/mol. The highest BCUT2D eigenvalue weighted by atomic mass is 28.4. The van der Waals surface area contributed by atoms with Crippen molar-refractivity contribution in [3.8, 4) is 0 Å². The van der Waals surface area contributed by atoms with Crippen LogP contribution in [0.2, 0.25) is 12.6 Å². The highest BCUT2D eigenvalue weighted by Crippen LogP contribution is 2.40. The van der Waals surface area contributed by atoms with Crippen molar-refractivity contribution < 1.29 is 13.6 Å². The van der Waals surface area contributed by atoms with Gasteiger partial charge in [-0.25, -0.2) is 0 Å². The molecule has 7 aromatic rings. The molecule has 4 heteroatoms. The number of fused-ring (bicyclic) bond motifs is 7. The fraction of sp³-hybridized carbons (Fsp3) is 0.256. The van der Waals surface area contributed by atoms with Gasteiger partial charge >= 0.3 is 8.56 Å². The molecular formula is C43H42O3Si. The Morgan fingerprint density at radius 1 is 0.596 bits per heavy atom. The van der Waals surface area contributed by atoms with Crippen LogP contribution in [0.1, 0.15) is 26.2 Å². The largest absolute Gasteiger partial charge is 0.398 e. The van der Waals surface area contributed by atoms with Crippen LogP contribution in [0.15, 0.2) is 97.1 Å². The molecular weight excluding hydrogens is 593 g/mol. The summed E-state index contributed by atoms with van der Waals surface area (Å²) in [7, 11) is 3.22. The predicted octanol–water partition coefficient (Wildman–Crippen LogP) is 9.74. The molecule has 0 amide bonds. The maximum atomic E-state index is 6.20. The highest BCUT2D eigenvalue weighted by molar-refractivity contribution is 6.65. The third kappa shape index (κ3) is 5.24. The molecule has 1 aliphatic carbocycles. The number of benzene rings is 7. The molecule has 0 fully saturated rings.